The summed E-state index contributed by atoms with van der Waals surface area (Å²) >= 11 is 0. The molecule has 236 valence electrons. The Morgan fingerprint density at radius 1 is 0.884 bits per heavy atom. The van der Waals surface area contributed by atoms with Crippen LogP contribution in [0.2, 0.25) is 0 Å². The van der Waals surface area contributed by atoms with E-state index in [-0.39, 0.29) is 25.8 Å². The van der Waals surface area contributed by atoms with Gasteiger partial charge < -0.3 is 14.6 Å². The molecule has 0 amide bonds. The molecule has 2 aromatic rings. The van der Waals surface area contributed by atoms with Crippen LogP contribution in [0.25, 0.3) is 11.1 Å². The van der Waals surface area contributed by atoms with Crippen molar-refractivity contribution >= 4 is 5.97 Å². The molecule has 4 rings (SSSR count). The van der Waals surface area contributed by atoms with Crippen molar-refractivity contribution in [1.82, 2.24) is 0 Å². The molecule has 0 saturated heterocycles. The second kappa shape index (κ2) is 17.0. The van der Waals surface area contributed by atoms with E-state index in [0.29, 0.717) is 17.9 Å². The van der Waals surface area contributed by atoms with Gasteiger partial charge in [0, 0.05) is 12.0 Å². The number of ether oxygens (including phenoxy) is 2. The Labute approximate surface area is 261 Å². The minimum atomic E-state index is -0.378. The van der Waals surface area contributed by atoms with Crippen molar-refractivity contribution in [3.05, 3.63) is 65.2 Å². The molecule has 0 unspecified atom stereocenters. The topological polar surface area (TPSA) is 55.8 Å². The van der Waals surface area contributed by atoms with Crippen LogP contribution < -0.4 is 4.74 Å². The zero-order chi connectivity index (χ0) is 30.6. The molecule has 4 nitrogen and oxygen atoms in total. The van der Waals surface area contributed by atoms with Crippen molar-refractivity contribution in [1.29, 1.82) is 0 Å². The Morgan fingerprint density at radius 3 is 2.26 bits per heavy atom. The van der Waals surface area contributed by atoms with E-state index in [4.69, 9.17) is 9.47 Å². The van der Waals surface area contributed by atoms with Crippen molar-refractivity contribution < 1.29 is 19.4 Å². The molecule has 2 aliphatic carbocycles. The van der Waals surface area contributed by atoms with Gasteiger partial charge in [-0.25, -0.2) is 4.79 Å². The van der Waals surface area contributed by atoms with Crippen LogP contribution in [0.5, 0.6) is 5.75 Å². The summed E-state index contributed by atoms with van der Waals surface area (Å²) in [6.07, 6.45) is 18.5. The Kier molecular flexibility index (Phi) is 13.2. The number of carbonyl (C=O) groups excluding carboxylic acids is 1. The van der Waals surface area contributed by atoms with E-state index in [1.54, 1.807) is 6.92 Å². The number of aryl methyl sites for hydroxylation is 1. The van der Waals surface area contributed by atoms with Crippen molar-refractivity contribution in [3.63, 3.8) is 0 Å². The molecule has 2 aliphatic rings. The van der Waals surface area contributed by atoms with Crippen LogP contribution in [0.4, 0.5) is 0 Å². The second-order valence-corrected chi connectivity index (χ2v) is 13.2. The lowest BCUT2D eigenvalue weighted by Gasteiger charge is -2.38. The summed E-state index contributed by atoms with van der Waals surface area (Å²) < 4.78 is 11.2. The van der Waals surface area contributed by atoms with Gasteiger partial charge in [0.05, 0.1) is 13.2 Å². The fourth-order valence-electron chi connectivity index (χ4n) is 7.61. The number of aliphatic hydroxyl groups is 1. The number of esters is 1. The molecule has 0 bridgehead atoms. The van der Waals surface area contributed by atoms with Crippen molar-refractivity contribution in [2.24, 2.45) is 17.8 Å². The average Bonchev–Trinajstić information content (AvgIpc) is 3.04. The molecule has 4 heteroatoms. The zero-order valence-corrected chi connectivity index (χ0v) is 27.2. The third kappa shape index (κ3) is 9.45. The lowest BCUT2D eigenvalue weighted by Crippen LogP contribution is -2.25. The Bertz CT molecular complexity index is 1170. The first-order valence-electron chi connectivity index (χ1n) is 17.3. The Balaban J connectivity index is 1.38. The number of rotatable bonds is 15. The monoisotopic (exact) mass is 588 g/mol. The van der Waals surface area contributed by atoms with Gasteiger partial charge in [0.1, 0.15) is 12.4 Å². The van der Waals surface area contributed by atoms with Gasteiger partial charge in [-0.3, -0.25) is 0 Å². The second-order valence-electron chi connectivity index (χ2n) is 13.2. The fourth-order valence-corrected chi connectivity index (χ4v) is 7.61. The van der Waals surface area contributed by atoms with E-state index < -0.39 is 0 Å². The highest BCUT2D eigenvalue weighted by atomic mass is 16.5. The summed E-state index contributed by atoms with van der Waals surface area (Å²) in [5.74, 6) is 3.94. The summed E-state index contributed by atoms with van der Waals surface area (Å²) in [5, 5.41) is 9.28. The molecule has 2 fully saturated rings. The van der Waals surface area contributed by atoms with Crippen molar-refractivity contribution in [2.75, 3.05) is 19.8 Å². The van der Waals surface area contributed by atoms with Crippen molar-refractivity contribution in [2.45, 2.75) is 117 Å². The first-order valence-corrected chi connectivity index (χ1v) is 17.3. The molecule has 1 N–H and O–H groups in total. The lowest BCUT2D eigenvalue weighted by molar-refractivity contribution is -0.138. The minimum Gasteiger partial charge on any atom is -0.491 e. The van der Waals surface area contributed by atoms with Gasteiger partial charge in [-0.2, -0.15) is 0 Å². The largest absolute Gasteiger partial charge is 0.491 e. The van der Waals surface area contributed by atoms with E-state index in [0.717, 1.165) is 41.1 Å². The number of carbonyl (C=O) groups is 1. The highest BCUT2D eigenvalue weighted by Gasteiger charge is 2.31. The summed E-state index contributed by atoms with van der Waals surface area (Å²) in [4.78, 5) is 11.9. The predicted molar refractivity (Wildman–Crippen MR) is 178 cm³/mol. The maximum absolute atomic E-state index is 11.9. The first kappa shape index (κ1) is 33.3. The third-order valence-corrected chi connectivity index (χ3v) is 10.2. The molecular formula is C39H56O4. The smallest absolute Gasteiger partial charge is 0.333 e. The van der Waals surface area contributed by atoms with E-state index in [1.807, 2.05) is 6.07 Å². The van der Waals surface area contributed by atoms with Crippen LogP contribution in [0.15, 0.2) is 48.6 Å². The highest BCUT2D eigenvalue weighted by Crippen LogP contribution is 2.45. The number of benzene rings is 2. The summed E-state index contributed by atoms with van der Waals surface area (Å²) in [5.41, 5.74) is 6.66. The van der Waals surface area contributed by atoms with E-state index >= 15 is 0 Å². The lowest BCUT2D eigenvalue weighted by atomic mass is 9.68. The summed E-state index contributed by atoms with van der Waals surface area (Å²) in [6, 6.07) is 13.4. The first-order chi connectivity index (χ1) is 20.9. The van der Waals surface area contributed by atoms with E-state index in [9.17, 15) is 9.90 Å². The predicted octanol–water partition coefficient (Wildman–Crippen LogP) is 9.61. The van der Waals surface area contributed by atoms with Crippen LogP contribution in [-0.4, -0.2) is 30.9 Å². The number of hydrogen-bond acceptors (Lipinski definition) is 4. The van der Waals surface area contributed by atoms with Crippen LogP contribution >= 0.6 is 0 Å². The van der Waals surface area contributed by atoms with Gasteiger partial charge in [0.2, 0.25) is 0 Å². The van der Waals surface area contributed by atoms with Gasteiger partial charge in [-0.1, -0.05) is 83.2 Å². The maximum Gasteiger partial charge on any atom is 0.333 e. The molecule has 43 heavy (non-hydrogen) atoms. The van der Waals surface area contributed by atoms with Gasteiger partial charge in [-0.15, -0.1) is 0 Å². The minimum absolute atomic E-state index is 0.0462. The molecular weight excluding hydrogens is 532 g/mol. The highest BCUT2D eigenvalue weighted by molar-refractivity contribution is 5.86. The SMILES string of the molecule is C=C(C)C(=O)OCCc1cc(-c2ccc(C3CCC(C4CCC(CCCCC)CC4)CC3)cc2CC)ccc1OCCO. The summed E-state index contributed by atoms with van der Waals surface area (Å²) in [7, 11) is 0. The number of unbranched alkanes of at least 4 members (excludes halogenated alkanes) is 2. The normalized spacial score (nSPS) is 22.2. The standard InChI is InChI=1S/C39H56O4/c1-5-7-8-9-29-10-12-31(13-11-29)32-14-16-33(17-15-32)34-18-20-37(30(6-2)26-34)35-19-21-38(42-25-23-40)36(27-35)22-24-43-39(41)28(3)4/h18-21,26-27,29,31-33,40H,3,5-17,22-25H2,1-2,4H3. The number of hydrogen-bond donors (Lipinski definition) is 1. The van der Waals surface area contributed by atoms with Gasteiger partial charge in [0.25, 0.3) is 0 Å². The van der Waals surface area contributed by atoms with Crippen LogP contribution in [-0.2, 0) is 22.4 Å². The van der Waals surface area contributed by atoms with E-state index in [2.05, 4.69) is 50.8 Å². The molecule has 0 aliphatic heterocycles. The number of aliphatic hydroxyl groups excluding tert-OH is 1. The van der Waals surface area contributed by atoms with E-state index in [1.165, 1.54) is 93.7 Å². The molecule has 0 radical (unpaired) electrons. The van der Waals surface area contributed by atoms with Gasteiger partial charge >= 0.3 is 5.97 Å². The maximum atomic E-state index is 11.9. The van der Waals surface area contributed by atoms with Gasteiger partial charge in [0.15, 0.2) is 0 Å². The van der Waals surface area contributed by atoms with Gasteiger partial charge in [-0.05, 0) is 115 Å². The molecule has 0 spiro atoms. The molecule has 2 saturated carbocycles. The third-order valence-electron chi connectivity index (χ3n) is 10.2. The van der Waals surface area contributed by atoms with Crippen molar-refractivity contribution in [3.8, 4) is 16.9 Å². The molecule has 0 atom stereocenters. The average molecular weight is 589 g/mol. The molecule has 2 aromatic carbocycles. The zero-order valence-electron chi connectivity index (χ0n) is 27.2. The Hall–Kier alpha value is -2.59. The molecule has 0 aromatic heterocycles. The Morgan fingerprint density at radius 2 is 1.60 bits per heavy atom. The quantitative estimate of drug-likeness (QED) is 0.128. The van der Waals surface area contributed by atoms with Crippen LogP contribution in [0.1, 0.15) is 120 Å². The van der Waals surface area contributed by atoms with Crippen LogP contribution in [0, 0.1) is 17.8 Å². The fraction of sp³-hybridized carbons (Fsp3) is 0.615. The molecule has 0 heterocycles. The van der Waals surface area contributed by atoms with Crippen LogP contribution in [0.3, 0.4) is 0 Å². The summed E-state index contributed by atoms with van der Waals surface area (Å²) in [6.45, 7) is 10.3.